The van der Waals surface area contributed by atoms with E-state index in [4.69, 9.17) is 9.47 Å². The van der Waals surface area contributed by atoms with Gasteiger partial charge in [-0.05, 0) is 57.9 Å². The fraction of sp³-hybridized carbons (Fsp3) is 0.323. The zero-order valence-corrected chi connectivity index (χ0v) is 23.5. The van der Waals surface area contributed by atoms with Gasteiger partial charge in [0.05, 0.1) is 11.7 Å². The van der Waals surface area contributed by atoms with E-state index in [9.17, 15) is 14.7 Å². The highest BCUT2D eigenvalue weighted by Gasteiger charge is 2.34. The first-order valence-electron chi connectivity index (χ1n) is 13.3. The van der Waals surface area contributed by atoms with Crippen molar-refractivity contribution in [3.05, 3.63) is 77.5 Å². The maximum absolute atomic E-state index is 14.2. The zero-order chi connectivity index (χ0) is 28.6. The molecule has 9 nitrogen and oxygen atoms in total. The van der Waals surface area contributed by atoms with E-state index in [0.717, 1.165) is 16.8 Å². The number of carbonyl (C=O) groups is 2. The molecule has 0 saturated carbocycles. The first-order valence-corrected chi connectivity index (χ1v) is 13.3. The zero-order valence-electron chi connectivity index (χ0n) is 23.5. The van der Waals surface area contributed by atoms with Crippen LogP contribution < -0.4 is 4.74 Å². The Balaban J connectivity index is 1.59. The molecule has 2 aromatic carbocycles. The molecule has 0 radical (unpaired) electrons. The molecule has 1 saturated heterocycles. The molecule has 1 aliphatic rings. The average Bonchev–Trinajstić information content (AvgIpc) is 3.22. The number of piperazine rings is 1. The monoisotopic (exact) mass is 542 g/mol. The minimum absolute atomic E-state index is 0.0224. The molecule has 208 valence electrons. The molecule has 2 aromatic heterocycles. The van der Waals surface area contributed by atoms with Gasteiger partial charge in [0.25, 0.3) is 5.91 Å². The second-order valence-electron chi connectivity index (χ2n) is 11.0. The van der Waals surface area contributed by atoms with Gasteiger partial charge < -0.3 is 24.4 Å². The van der Waals surface area contributed by atoms with Crippen LogP contribution in [0.1, 0.15) is 42.3 Å². The number of carbonyl (C=O) groups excluding carboxylic acids is 2. The quantitative estimate of drug-likeness (QED) is 0.348. The van der Waals surface area contributed by atoms with Gasteiger partial charge >= 0.3 is 6.09 Å². The van der Waals surface area contributed by atoms with E-state index >= 15 is 0 Å². The van der Waals surface area contributed by atoms with Crippen LogP contribution >= 0.6 is 0 Å². The van der Waals surface area contributed by atoms with Crippen LogP contribution in [0.4, 0.5) is 4.79 Å². The van der Waals surface area contributed by atoms with Crippen LogP contribution in [0, 0.1) is 13.8 Å². The molecule has 3 heterocycles. The highest BCUT2D eigenvalue weighted by molar-refractivity contribution is 6.09. The average molecular weight is 543 g/mol. The largest absolute Gasteiger partial charge is 0.506 e. The number of fused-ring (bicyclic) bond motifs is 1. The number of rotatable bonds is 4. The summed E-state index contributed by atoms with van der Waals surface area (Å²) in [5, 5.41) is 10.4. The van der Waals surface area contributed by atoms with Crippen LogP contribution in [0.25, 0.3) is 16.7 Å². The maximum atomic E-state index is 14.2. The molecule has 4 aromatic rings. The van der Waals surface area contributed by atoms with Crippen LogP contribution in [0.5, 0.6) is 17.4 Å². The van der Waals surface area contributed by atoms with Crippen molar-refractivity contribution in [1.82, 2.24) is 19.4 Å². The number of nitrogens with zero attached hydrogens (tertiary/aromatic N) is 4. The molecule has 40 heavy (non-hydrogen) atoms. The number of amides is 2. The lowest BCUT2D eigenvalue weighted by atomic mass is 10.1. The molecule has 5 rings (SSSR count). The highest BCUT2D eigenvalue weighted by Crippen LogP contribution is 2.40. The van der Waals surface area contributed by atoms with Gasteiger partial charge in [-0.1, -0.05) is 36.4 Å². The van der Waals surface area contributed by atoms with Crippen LogP contribution in [0.2, 0.25) is 0 Å². The highest BCUT2D eigenvalue weighted by atomic mass is 16.6. The van der Waals surface area contributed by atoms with E-state index in [0.29, 0.717) is 54.4 Å². The van der Waals surface area contributed by atoms with Crippen molar-refractivity contribution in [2.75, 3.05) is 26.2 Å². The number of para-hydroxylation sites is 2. The second kappa shape index (κ2) is 10.6. The van der Waals surface area contributed by atoms with Gasteiger partial charge in [0.2, 0.25) is 5.88 Å². The topological polar surface area (TPSA) is 97.1 Å². The second-order valence-corrected chi connectivity index (χ2v) is 11.0. The van der Waals surface area contributed by atoms with Crippen molar-refractivity contribution in [3.63, 3.8) is 0 Å². The number of aryl methyl sites for hydroxylation is 2. The molecule has 0 unspecified atom stereocenters. The van der Waals surface area contributed by atoms with E-state index in [2.05, 4.69) is 4.98 Å². The normalized spacial score (nSPS) is 13.9. The Morgan fingerprint density at radius 3 is 2.15 bits per heavy atom. The van der Waals surface area contributed by atoms with Gasteiger partial charge in [0.1, 0.15) is 28.2 Å². The third-order valence-electron chi connectivity index (χ3n) is 6.80. The number of pyridine rings is 1. The number of benzene rings is 2. The Labute approximate surface area is 233 Å². The van der Waals surface area contributed by atoms with Gasteiger partial charge in [0.15, 0.2) is 0 Å². The Bertz CT molecular complexity index is 1540. The summed E-state index contributed by atoms with van der Waals surface area (Å²) in [5.74, 6) is 0.681. The summed E-state index contributed by atoms with van der Waals surface area (Å²) in [5.41, 5.74) is 3.27. The third-order valence-corrected chi connectivity index (χ3v) is 6.80. The van der Waals surface area contributed by atoms with Crippen molar-refractivity contribution in [1.29, 1.82) is 0 Å². The maximum Gasteiger partial charge on any atom is 0.410 e. The molecule has 0 spiro atoms. The number of hydrogen-bond acceptors (Lipinski definition) is 6. The molecule has 0 atom stereocenters. The van der Waals surface area contributed by atoms with Crippen LogP contribution in [0.3, 0.4) is 0 Å². The van der Waals surface area contributed by atoms with Gasteiger partial charge in [-0.2, -0.15) is 0 Å². The first kappa shape index (κ1) is 27.1. The summed E-state index contributed by atoms with van der Waals surface area (Å²) in [6, 6.07) is 17.0. The summed E-state index contributed by atoms with van der Waals surface area (Å²) < 4.78 is 13.9. The SMILES string of the molecule is Cc1cccc(C)c1Oc1c(C(=O)N2CCN(C(=O)OC(C)(C)C)CC2)c2ncc(O)cc2n1-c1ccccc1. The summed E-state index contributed by atoms with van der Waals surface area (Å²) in [4.78, 5) is 34.6. The summed E-state index contributed by atoms with van der Waals surface area (Å²) >= 11 is 0. The van der Waals surface area contributed by atoms with E-state index in [-0.39, 0.29) is 11.7 Å². The molecule has 1 N–H and O–H groups in total. The summed E-state index contributed by atoms with van der Waals surface area (Å²) in [6.45, 7) is 10.8. The Morgan fingerprint density at radius 1 is 0.900 bits per heavy atom. The molecule has 0 aliphatic carbocycles. The Morgan fingerprint density at radius 2 is 1.52 bits per heavy atom. The van der Waals surface area contributed by atoms with Crippen molar-refractivity contribution < 1.29 is 24.2 Å². The predicted octanol–water partition coefficient (Wildman–Crippen LogP) is 5.83. The molecular weight excluding hydrogens is 508 g/mol. The number of ether oxygens (including phenoxy) is 2. The van der Waals surface area contributed by atoms with Gasteiger partial charge in [-0.3, -0.25) is 9.36 Å². The van der Waals surface area contributed by atoms with E-state index in [1.165, 1.54) is 6.20 Å². The van der Waals surface area contributed by atoms with Crippen molar-refractivity contribution in [2.24, 2.45) is 0 Å². The molecule has 0 bridgehead atoms. The minimum atomic E-state index is -0.597. The fourth-order valence-corrected chi connectivity index (χ4v) is 4.88. The fourth-order valence-electron chi connectivity index (χ4n) is 4.88. The minimum Gasteiger partial charge on any atom is -0.506 e. The van der Waals surface area contributed by atoms with Gasteiger partial charge in [-0.15, -0.1) is 0 Å². The van der Waals surface area contributed by atoms with E-state index < -0.39 is 11.7 Å². The number of hydrogen-bond donors (Lipinski definition) is 1. The lowest BCUT2D eigenvalue weighted by Gasteiger charge is -2.35. The Hall–Kier alpha value is -4.53. The van der Waals surface area contributed by atoms with Crippen LogP contribution in [-0.2, 0) is 4.74 Å². The smallest absolute Gasteiger partial charge is 0.410 e. The molecule has 9 heteroatoms. The summed E-state index contributed by atoms with van der Waals surface area (Å²) in [7, 11) is 0. The standard InChI is InChI=1S/C31H34N4O5/c1-20-10-9-11-21(2)27(20)39-29-25(28(37)33-14-16-34(17-15-33)30(38)40-31(3,4)5)26-24(18-23(36)19-32-26)35(29)22-12-7-6-8-13-22/h6-13,18-19,36H,14-17H2,1-5H3. The van der Waals surface area contributed by atoms with Gasteiger partial charge in [0, 0.05) is 37.9 Å². The number of aromatic hydroxyl groups is 1. The number of aromatic nitrogens is 2. The predicted molar refractivity (Wildman–Crippen MR) is 152 cm³/mol. The molecule has 2 amide bonds. The third kappa shape index (κ3) is 5.32. The summed E-state index contributed by atoms with van der Waals surface area (Å²) in [6.07, 6.45) is 0.939. The Kier molecular flexibility index (Phi) is 7.14. The van der Waals surface area contributed by atoms with Crippen molar-refractivity contribution in [3.8, 4) is 23.1 Å². The molecule has 1 fully saturated rings. The first-order chi connectivity index (χ1) is 19.0. The van der Waals surface area contributed by atoms with Crippen LogP contribution in [-0.4, -0.2) is 68.2 Å². The van der Waals surface area contributed by atoms with Gasteiger partial charge in [-0.25, -0.2) is 9.78 Å². The van der Waals surface area contributed by atoms with Crippen molar-refractivity contribution >= 4 is 23.0 Å². The molecule has 1 aliphatic heterocycles. The van der Waals surface area contributed by atoms with Crippen molar-refractivity contribution in [2.45, 2.75) is 40.2 Å². The lowest BCUT2D eigenvalue weighted by Crippen LogP contribution is -2.51. The van der Waals surface area contributed by atoms with Crippen LogP contribution in [0.15, 0.2) is 60.8 Å². The molecular formula is C31H34N4O5. The van der Waals surface area contributed by atoms with E-state index in [1.807, 2.05) is 87.7 Å². The van der Waals surface area contributed by atoms with E-state index in [1.54, 1.807) is 15.9 Å². The lowest BCUT2D eigenvalue weighted by molar-refractivity contribution is 0.0140.